The molecule has 0 aromatic heterocycles. The quantitative estimate of drug-likeness (QED) is 0.724. The highest BCUT2D eigenvalue weighted by molar-refractivity contribution is 5.76. The Morgan fingerprint density at radius 3 is 2.16 bits per heavy atom. The number of nitrogens with two attached hydrogens (primary N) is 1. The van der Waals surface area contributed by atoms with Gasteiger partial charge in [-0.3, -0.25) is 4.79 Å². The lowest BCUT2D eigenvalue weighted by Gasteiger charge is -2.56. The molecular formula is C16H28N2O. The molecule has 4 rings (SSSR count). The van der Waals surface area contributed by atoms with Crippen LogP contribution in [0.4, 0.5) is 0 Å². The first-order valence-corrected chi connectivity index (χ1v) is 8.16. The molecule has 3 heteroatoms. The number of rotatable bonds is 6. The van der Waals surface area contributed by atoms with Crippen LogP contribution in [0.25, 0.3) is 0 Å². The van der Waals surface area contributed by atoms with Gasteiger partial charge < -0.3 is 11.1 Å². The lowest BCUT2D eigenvalue weighted by Crippen LogP contribution is -2.48. The van der Waals surface area contributed by atoms with Crippen molar-refractivity contribution >= 4 is 5.91 Å². The second-order valence-electron chi connectivity index (χ2n) is 7.44. The second-order valence-corrected chi connectivity index (χ2v) is 7.44. The monoisotopic (exact) mass is 264 g/mol. The number of nitrogens with one attached hydrogen (secondary N) is 1. The van der Waals surface area contributed by atoms with E-state index in [0.717, 1.165) is 50.1 Å². The standard InChI is InChI=1S/C16H28N2O/c17-3-1-2-4-18-15(19)11-16-8-12-5-13(9-16)7-14(6-12)10-16/h12-14H,1-11,17H2,(H,18,19). The minimum atomic E-state index is 0.291. The summed E-state index contributed by atoms with van der Waals surface area (Å²) < 4.78 is 0. The van der Waals surface area contributed by atoms with Gasteiger partial charge in [-0.15, -0.1) is 0 Å². The molecule has 1 amide bonds. The third kappa shape index (κ3) is 2.96. The van der Waals surface area contributed by atoms with Crippen molar-refractivity contribution in [2.75, 3.05) is 13.1 Å². The largest absolute Gasteiger partial charge is 0.356 e. The Bertz CT molecular complexity index is 304. The zero-order valence-electron chi connectivity index (χ0n) is 12.0. The van der Waals surface area contributed by atoms with Crippen LogP contribution in [0.15, 0.2) is 0 Å². The number of amides is 1. The Kier molecular flexibility index (Phi) is 3.84. The Balaban J connectivity index is 1.50. The molecule has 4 aliphatic rings. The van der Waals surface area contributed by atoms with E-state index < -0.39 is 0 Å². The van der Waals surface area contributed by atoms with Crippen LogP contribution in [0.5, 0.6) is 0 Å². The molecule has 0 aliphatic heterocycles. The molecule has 0 unspecified atom stereocenters. The van der Waals surface area contributed by atoms with Gasteiger partial charge in [0.2, 0.25) is 5.91 Å². The zero-order chi connectivity index (χ0) is 13.3. The van der Waals surface area contributed by atoms with Crippen molar-refractivity contribution in [1.82, 2.24) is 5.32 Å². The van der Waals surface area contributed by atoms with Gasteiger partial charge in [0.05, 0.1) is 0 Å². The summed E-state index contributed by atoms with van der Waals surface area (Å²) in [5.74, 6) is 3.11. The summed E-state index contributed by atoms with van der Waals surface area (Å²) in [6.07, 6.45) is 11.2. The van der Waals surface area contributed by atoms with Gasteiger partial charge in [-0.25, -0.2) is 0 Å². The zero-order valence-corrected chi connectivity index (χ0v) is 12.0. The predicted octanol–water partition coefficient (Wildman–Crippen LogP) is 2.45. The lowest BCUT2D eigenvalue weighted by molar-refractivity contribution is -0.129. The molecule has 0 spiro atoms. The minimum absolute atomic E-state index is 0.291. The van der Waals surface area contributed by atoms with E-state index in [1.54, 1.807) is 0 Å². The van der Waals surface area contributed by atoms with Crippen LogP contribution in [-0.2, 0) is 4.79 Å². The number of hydrogen-bond acceptors (Lipinski definition) is 2. The topological polar surface area (TPSA) is 55.1 Å². The van der Waals surface area contributed by atoms with Gasteiger partial charge in [-0.05, 0) is 81.1 Å². The summed E-state index contributed by atoms with van der Waals surface area (Å²) in [7, 11) is 0. The molecule has 3 N–H and O–H groups in total. The molecule has 108 valence electrons. The van der Waals surface area contributed by atoms with Crippen molar-refractivity contribution in [3.05, 3.63) is 0 Å². The van der Waals surface area contributed by atoms with Crippen molar-refractivity contribution in [3.8, 4) is 0 Å². The van der Waals surface area contributed by atoms with E-state index in [1.807, 2.05) is 0 Å². The molecule has 19 heavy (non-hydrogen) atoms. The Labute approximate surface area is 116 Å². The van der Waals surface area contributed by atoms with Crippen LogP contribution in [-0.4, -0.2) is 19.0 Å². The third-order valence-corrected chi connectivity index (χ3v) is 5.65. The first-order valence-electron chi connectivity index (χ1n) is 8.16. The van der Waals surface area contributed by atoms with Crippen molar-refractivity contribution in [1.29, 1.82) is 0 Å². The summed E-state index contributed by atoms with van der Waals surface area (Å²) in [6.45, 7) is 1.53. The maximum Gasteiger partial charge on any atom is 0.220 e. The molecule has 0 aromatic rings. The highest BCUT2D eigenvalue weighted by atomic mass is 16.1. The van der Waals surface area contributed by atoms with Crippen molar-refractivity contribution in [3.63, 3.8) is 0 Å². The normalized spacial score (nSPS) is 39.5. The predicted molar refractivity (Wildman–Crippen MR) is 76.5 cm³/mol. The SMILES string of the molecule is NCCCCNC(=O)CC12CC3CC(CC(C3)C1)C2. The fourth-order valence-electron chi connectivity index (χ4n) is 5.41. The third-order valence-electron chi connectivity index (χ3n) is 5.65. The highest BCUT2D eigenvalue weighted by Crippen LogP contribution is 2.61. The summed E-state index contributed by atoms with van der Waals surface area (Å²) in [5, 5.41) is 3.10. The van der Waals surface area contributed by atoms with Crippen molar-refractivity contribution < 1.29 is 4.79 Å². The molecule has 4 aliphatic carbocycles. The van der Waals surface area contributed by atoms with Gasteiger partial charge in [0.1, 0.15) is 0 Å². The molecule has 4 fully saturated rings. The van der Waals surface area contributed by atoms with E-state index in [1.165, 1.54) is 38.5 Å². The van der Waals surface area contributed by atoms with E-state index >= 15 is 0 Å². The molecule has 0 atom stereocenters. The number of carbonyl (C=O) groups excluding carboxylic acids is 1. The van der Waals surface area contributed by atoms with Gasteiger partial charge in [0, 0.05) is 13.0 Å². The van der Waals surface area contributed by atoms with Crippen LogP contribution in [0.1, 0.15) is 57.8 Å². The molecule has 0 radical (unpaired) electrons. The second kappa shape index (κ2) is 5.43. The molecule has 0 saturated heterocycles. The van der Waals surface area contributed by atoms with E-state index in [-0.39, 0.29) is 0 Å². The fourth-order valence-corrected chi connectivity index (χ4v) is 5.41. The maximum absolute atomic E-state index is 12.1. The first-order chi connectivity index (χ1) is 9.19. The average molecular weight is 264 g/mol. The summed E-state index contributed by atoms with van der Waals surface area (Å²) in [5.41, 5.74) is 5.85. The van der Waals surface area contributed by atoms with Gasteiger partial charge in [-0.2, -0.15) is 0 Å². The Morgan fingerprint density at radius 1 is 1.05 bits per heavy atom. The van der Waals surface area contributed by atoms with Gasteiger partial charge in [0.25, 0.3) is 0 Å². The van der Waals surface area contributed by atoms with Crippen LogP contribution < -0.4 is 11.1 Å². The van der Waals surface area contributed by atoms with Crippen LogP contribution in [0.3, 0.4) is 0 Å². The summed E-state index contributed by atoms with van der Waals surface area (Å²) in [4.78, 5) is 12.1. The smallest absolute Gasteiger partial charge is 0.220 e. The molecular weight excluding hydrogens is 236 g/mol. The minimum Gasteiger partial charge on any atom is -0.356 e. The molecule has 0 heterocycles. The molecule has 4 bridgehead atoms. The van der Waals surface area contributed by atoms with Gasteiger partial charge >= 0.3 is 0 Å². The molecule has 0 aromatic carbocycles. The first kappa shape index (κ1) is 13.4. The van der Waals surface area contributed by atoms with Crippen LogP contribution in [0, 0.1) is 23.2 Å². The number of hydrogen-bond donors (Lipinski definition) is 2. The fraction of sp³-hybridized carbons (Fsp3) is 0.938. The lowest BCUT2D eigenvalue weighted by atomic mass is 9.49. The Hall–Kier alpha value is -0.570. The molecule has 3 nitrogen and oxygen atoms in total. The van der Waals surface area contributed by atoms with Crippen LogP contribution >= 0.6 is 0 Å². The van der Waals surface area contributed by atoms with Crippen molar-refractivity contribution in [2.24, 2.45) is 28.9 Å². The Morgan fingerprint density at radius 2 is 1.63 bits per heavy atom. The van der Waals surface area contributed by atoms with E-state index in [0.29, 0.717) is 11.3 Å². The van der Waals surface area contributed by atoms with Crippen LogP contribution in [0.2, 0.25) is 0 Å². The van der Waals surface area contributed by atoms with E-state index in [9.17, 15) is 4.79 Å². The summed E-state index contributed by atoms with van der Waals surface area (Å²) >= 11 is 0. The van der Waals surface area contributed by atoms with Gasteiger partial charge in [-0.1, -0.05) is 0 Å². The summed E-state index contributed by atoms with van der Waals surface area (Å²) in [6, 6.07) is 0. The van der Waals surface area contributed by atoms with Gasteiger partial charge in [0.15, 0.2) is 0 Å². The van der Waals surface area contributed by atoms with E-state index in [4.69, 9.17) is 5.73 Å². The number of carbonyl (C=O) groups is 1. The molecule has 4 saturated carbocycles. The van der Waals surface area contributed by atoms with Crippen molar-refractivity contribution in [2.45, 2.75) is 57.8 Å². The average Bonchev–Trinajstić information content (AvgIpc) is 2.32. The van der Waals surface area contributed by atoms with E-state index in [2.05, 4.69) is 5.32 Å². The highest BCUT2D eigenvalue weighted by Gasteiger charge is 2.51. The number of unbranched alkanes of at least 4 members (excludes halogenated alkanes) is 1. The maximum atomic E-state index is 12.1.